The lowest BCUT2D eigenvalue weighted by Gasteiger charge is -2.21. The zero-order valence-corrected chi connectivity index (χ0v) is 13.7. The van der Waals surface area contributed by atoms with Gasteiger partial charge < -0.3 is 14.7 Å². The van der Waals surface area contributed by atoms with Crippen molar-refractivity contribution in [2.75, 3.05) is 18.4 Å². The number of aromatic nitrogens is 3. The fourth-order valence-corrected chi connectivity index (χ4v) is 3.91. The number of amides is 1. The number of rotatable bonds is 4. The van der Waals surface area contributed by atoms with Gasteiger partial charge in [-0.05, 0) is 25.2 Å². The standard InChI is InChI=1S/C17H21N5O2/c1-2-12-7-15(24-21-12)17(23)22-9-11-3-4-14(13(11)10-22)20-16-8-18-5-6-19-16/h5-8,11,13-14H,2-4,9-10H2,1H3,(H,19,20)/t11-,13+,14-/m1/s1. The first-order valence-corrected chi connectivity index (χ1v) is 8.52. The molecule has 3 heterocycles. The monoisotopic (exact) mass is 327 g/mol. The molecule has 4 rings (SSSR count). The Kier molecular flexibility index (Phi) is 3.92. The Morgan fingerprint density at radius 1 is 1.38 bits per heavy atom. The maximum atomic E-state index is 12.6. The smallest absolute Gasteiger partial charge is 0.292 e. The summed E-state index contributed by atoms with van der Waals surface area (Å²) in [6.45, 7) is 3.54. The SMILES string of the molecule is CCc1cc(C(=O)N2C[C@H]3CC[C@@H](Nc4cnccn4)[C@H]3C2)on1. The lowest BCUT2D eigenvalue weighted by atomic mass is 9.98. The van der Waals surface area contributed by atoms with E-state index in [2.05, 4.69) is 20.4 Å². The van der Waals surface area contributed by atoms with Crippen LogP contribution in [0.15, 0.2) is 29.2 Å². The third-order valence-corrected chi connectivity index (χ3v) is 5.17. The van der Waals surface area contributed by atoms with Gasteiger partial charge in [-0.15, -0.1) is 0 Å². The van der Waals surface area contributed by atoms with Crippen LogP contribution in [0.3, 0.4) is 0 Å². The normalized spacial score (nSPS) is 25.7. The summed E-state index contributed by atoms with van der Waals surface area (Å²) in [6, 6.07) is 2.09. The highest BCUT2D eigenvalue weighted by molar-refractivity contribution is 5.91. The van der Waals surface area contributed by atoms with E-state index in [4.69, 9.17) is 4.52 Å². The zero-order chi connectivity index (χ0) is 16.5. The average molecular weight is 327 g/mol. The minimum Gasteiger partial charge on any atom is -0.366 e. The molecule has 2 aliphatic rings. The molecule has 0 aromatic carbocycles. The summed E-state index contributed by atoms with van der Waals surface area (Å²) in [6.07, 6.45) is 8.10. The van der Waals surface area contributed by atoms with Crippen LogP contribution in [0, 0.1) is 11.8 Å². The molecule has 2 aromatic heterocycles. The van der Waals surface area contributed by atoms with E-state index in [1.54, 1.807) is 24.7 Å². The van der Waals surface area contributed by atoms with Crippen LogP contribution in [-0.4, -0.2) is 45.1 Å². The first-order valence-electron chi connectivity index (χ1n) is 8.52. The van der Waals surface area contributed by atoms with Gasteiger partial charge in [-0.3, -0.25) is 9.78 Å². The van der Waals surface area contributed by atoms with Crippen LogP contribution in [0.1, 0.15) is 36.0 Å². The Morgan fingerprint density at radius 2 is 2.29 bits per heavy atom. The average Bonchev–Trinajstić information content (AvgIpc) is 3.32. The number of anilines is 1. The van der Waals surface area contributed by atoms with Crippen LogP contribution in [0.4, 0.5) is 5.82 Å². The first-order chi connectivity index (χ1) is 11.7. The van der Waals surface area contributed by atoms with E-state index >= 15 is 0 Å². The summed E-state index contributed by atoms with van der Waals surface area (Å²) in [5.74, 6) is 2.09. The van der Waals surface area contributed by atoms with Crippen LogP contribution in [0.25, 0.3) is 0 Å². The molecule has 3 atom stereocenters. The molecule has 1 amide bonds. The second-order valence-corrected chi connectivity index (χ2v) is 6.59. The molecule has 2 fully saturated rings. The van der Waals surface area contributed by atoms with Crippen LogP contribution in [-0.2, 0) is 6.42 Å². The number of likely N-dealkylation sites (tertiary alicyclic amines) is 1. The van der Waals surface area contributed by atoms with Crippen molar-refractivity contribution in [1.82, 2.24) is 20.0 Å². The number of hydrogen-bond acceptors (Lipinski definition) is 6. The Balaban J connectivity index is 1.43. The van der Waals surface area contributed by atoms with Crippen molar-refractivity contribution in [3.8, 4) is 0 Å². The molecule has 126 valence electrons. The number of fused-ring (bicyclic) bond motifs is 1. The lowest BCUT2D eigenvalue weighted by Crippen LogP contribution is -2.33. The molecule has 1 N–H and O–H groups in total. The highest BCUT2D eigenvalue weighted by Crippen LogP contribution is 2.39. The summed E-state index contributed by atoms with van der Waals surface area (Å²) in [5, 5.41) is 7.40. The van der Waals surface area contributed by atoms with Crippen LogP contribution < -0.4 is 5.32 Å². The number of nitrogens with one attached hydrogen (secondary N) is 1. The van der Waals surface area contributed by atoms with Crippen LogP contribution >= 0.6 is 0 Å². The van der Waals surface area contributed by atoms with Crippen molar-refractivity contribution < 1.29 is 9.32 Å². The van der Waals surface area contributed by atoms with Crippen molar-refractivity contribution >= 4 is 11.7 Å². The summed E-state index contributed by atoms with van der Waals surface area (Å²) in [7, 11) is 0. The molecular weight excluding hydrogens is 306 g/mol. The highest BCUT2D eigenvalue weighted by Gasteiger charge is 2.44. The van der Waals surface area contributed by atoms with E-state index in [1.165, 1.54) is 0 Å². The molecule has 7 nitrogen and oxygen atoms in total. The summed E-state index contributed by atoms with van der Waals surface area (Å²) < 4.78 is 5.20. The third kappa shape index (κ3) is 2.74. The van der Waals surface area contributed by atoms with Gasteiger partial charge in [0.25, 0.3) is 5.91 Å². The highest BCUT2D eigenvalue weighted by atomic mass is 16.5. The summed E-state index contributed by atoms with van der Waals surface area (Å²) in [5.41, 5.74) is 0.819. The summed E-state index contributed by atoms with van der Waals surface area (Å²) in [4.78, 5) is 22.9. The molecule has 0 unspecified atom stereocenters. The number of aryl methyl sites for hydroxylation is 1. The predicted octanol–water partition coefficient (Wildman–Crippen LogP) is 1.99. The Morgan fingerprint density at radius 3 is 3.04 bits per heavy atom. The molecule has 1 aliphatic carbocycles. The lowest BCUT2D eigenvalue weighted by molar-refractivity contribution is 0.0738. The van der Waals surface area contributed by atoms with Gasteiger partial charge in [-0.2, -0.15) is 0 Å². The van der Waals surface area contributed by atoms with Crippen LogP contribution in [0.2, 0.25) is 0 Å². The van der Waals surface area contributed by atoms with Crippen molar-refractivity contribution in [2.45, 2.75) is 32.2 Å². The number of carbonyl (C=O) groups excluding carboxylic acids is 1. The maximum absolute atomic E-state index is 12.6. The van der Waals surface area contributed by atoms with E-state index in [0.717, 1.165) is 43.9 Å². The van der Waals surface area contributed by atoms with Gasteiger partial charge in [-0.1, -0.05) is 12.1 Å². The van der Waals surface area contributed by atoms with Crippen molar-refractivity contribution in [1.29, 1.82) is 0 Å². The number of carbonyl (C=O) groups is 1. The fraction of sp³-hybridized carbons (Fsp3) is 0.529. The molecule has 2 aromatic rings. The van der Waals surface area contributed by atoms with E-state index in [1.807, 2.05) is 11.8 Å². The third-order valence-electron chi connectivity index (χ3n) is 5.17. The van der Waals surface area contributed by atoms with Gasteiger partial charge in [-0.25, -0.2) is 4.98 Å². The molecule has 1 saturated carbocycles. The largest absolute Gasteiger partial charge is 0.366 e. The minimum atomic E-state index is -0.0464. The Labute approximate surface area is 140 Å². The van der Waals surface area contributed by atoms with Gasteiger partial charge in [0.05, 0.1) is 11.9 Å². The molecular formula is C17H21N5O2. The molecule has 0 spiro atoms. The van der Waals surface area contributed by atoms with Gasteiger partial charge in [0.15, 0.2) is 0 Å². The van der Waals surface area contributed by atoms with E-state index < -0.39 is 0 Å². The molecule has 0 radical (unpaired) electrons. The molecule has 1 aliphatic heterocycles. The van der Waals surface area contributed by atoms with Crippen molar-refractivity contribution in [3.63, 3.8) is 0 Å². The fourth-order valence-electron chi connectivity index (χ4n) is 3.91. The van der Waals surface area contributed by atoms with Gasteiger partial charge in [0.1, 0.15) is 5.82 Å². The molecule has 0 bridgehead atoms. The maximum Gasteiger partial charge on any atom is 0.292 e. The van der Waals surface area contributed by atoms with E-state index in [9.17, 15) is 4.79 Å². The molecule has 1 saturated heterocycles. The summed E-state index contributed by atoms with van der Waals surface area (Å²) >= 11 is 0. The predicted molar refractivity (Wildman–Crippen MR) is 87.4 cm³/mol. The van der Waals surface area contributed by atoms with E-state index in [0.29, 0.717) is 23.6 Å². The molecule has 24 heavy (non-hydrogen) atoms. The number of nitrogens with zero attached hydrogens (tertiary/aromatic N) is 4. The van der Waals surface area contributed by atoms with E-state index in [-0.39, 0.29) is 5.91 Å². The second-order valence-electron chi connectivity index (χ2n) is 6.59. The first kappa shape index (κ1) is 15.1. The van der Waals surface area contributed by atoms with Gasteiger partial charge in [0, 0.05) is 43.5 Å². The molecule has 7 heteroatoms. The van der Waals surface area contributed by atoms with Crippen molar-refractivity contribution in [3.05, 3.63) is 36.1 Å². The Bertz CT molecular complexity index is 717. The van der Waals surface area contributed by atoms with Crippen LogP contribution in [0.5, 0.6) is 0 Å². The van der Waals surface area contributed by atoms with Gasteiger partial charge in [0.2, 0.25) is 5.76 Å². The van der Waals surface area contributed by atoms with Gasteiger partial charge >= 0.3 is 0 Å². The topological polar surface area (TPSA) is 84.2 Å². The zero-order valence-electron chi connectivity index (χ0n) is 13.7. The quantitative estimate of drug-likeness (QED) is 0.924. The number of hydrogen-bond donors (Lipinski definition) is 1. The second kappa shape index (κ2) is 6.22. The van der Waals surface area contributed by atoms with Crippen molar-refractivity contribution in [2.24, 2.45) is 11.8 Å². The minimum absolute atomic E-state index is 0.0464. The Hall–Kier alpha value is -2.44.